The van der Waals surface area contributed by atoms with Gasteiger partial charge in [-0.3, -0.25) is 4.79 Å². The molecular weight excluding hydrogens is 366 g/mol. The lowest BCUT2D eigenvalue weighted by Gasteiger charge is -2.22. The van der Waals surface area contributed by atoms with Gasteiger partial charge in [0.25, 0.3) is 11.6 Å². The molecule has 0 spiro atoms. The zero-order valence-electron chi connectivity index (χ0n) is 15.3. The molecule has 0 aliphatic carbocycles. The van der Waals surface area contributed by atoms with E-state index in [1.165, 1.54) is 4.90 Å². The topological polar surface area (TPSA) is 96.5 Å². The number of carbonyl (C=O) groups excluding carboxylic acids is 1. The Bertz CT molecular complexity index is 1070. The molecule has 3 aromatic rings. The van der Waals surface area contributed by atoms with E-state index in [9.17, 15) is 14.7 Å². The van der Waals surface area contributed by atoms with Crippen molar-refractivity contribution in [2.24, 2.45) is 0 Å². The SMILES string of the molecule is Cc1cc(-c2cc(C(=O)N3CCC[C@@H]3C(=O)O)c3c(C)noc3n2)c(C)s1. The number of nitrogens with zero attached hydrogens (tertiary/aromatic N) is 3. The first-order valence-corrected chi connectivity index (χ1v) is 9.56. The molecule has 0 radical (unpaired) electrons. The van der Waals surface area contributed by atoms with Crippen molar-refractivity contribution in [3.8, 4) is 11.3 Å². The maximum atomic E-state index is 13.3. The summed E-state index contributed by atoms with van der Waals surface area (Å²) in [5, 5.41) is 13.9. The first-order valence-electron chi connectivity index (χ1n) is 8.75. The normalized spacial score (nSPS) is 17.0. The van der Waals surface area contributed by atoms with E-state index < -0.39 is 12.0 Å². The van der Waals surface area contributed by atoms with Crippen LogP contribution in [0.15, 0.2) is 16.7 Å². The van der Waals surface area contributed by atoms with Gasteiger partial charge in [0.1, 0.15) is 6.04 Å². The lowest BCUT2D eigenvalue weighted by atomic mass is 10.0. The largest absolute Gasteiger partial charge is 0.480 e. The molecule has 1 aliphatic rings. The van der Waals surface area contributed by atoms with Crippen LogP contribution in [0.3, 0.4) is 0 Å². The maximum absolute atomic E-state index is 13.3. The molecule has 27 heavy (non-hydrogen) atoms. The van der Waals surface area contributed by atoms with E-state index >= 15 is 0 Å². The quantitative estimate of drug-likeness (QED) is 0.740. The molecular formula is C19H19N3O4S. The molecule has 3 aromatic heterocycles. The number of hydrogen-bond acceptors (Lipinski definition) is 6. The average molecular weight is 385 g/mol. The van der Waals surface area contributed by atoms with Crippen LogP contribution in [0.4, 0.5) is 0 Å². The lowest BCUT2D eigenvalue weighted by Crippen LogP contribution is -2.40. The van der Waals surface area contributed by atoms with Crippen LogP contribution in [0.1, 0.15) is 38.6 Å². The predicted octanol–water partition coefficient (Wildman–Crippen LogP) is 3.57. The van der Waals surface area contributed by atoms with Gasteiger partial charge in [0, 0.05) is 21.9 Å². The van der Waals surface area contributed by atoms with Crippen molar-refractivity contribution in [2.75, 3.05) is 6.54 Å². The molecule has 0 unspecified atom stereocenters. The number of rotatable bonds is 3. The molecule has 7 nitrogen and oxygen atoms in total. The van der Waals surface area contributed by atoms with Crippen molar-refractivity contribution in [3.05, 3.63) is 33.1 Å². The van der Waals surface area contributed by atoms with E-state index in [4.69, 9.17) is 4.52 Å². The molecule has 0 bridgehead atoms. The number of fused-ring (bicyclic) bond motifs is 1. The van der Waals surface area contributed by atoms with Gasteiger partial charge in [0.2, 0.25) is 0 Å². The van der Waals surface area contributed by atoms with E-state index in [2.05, 4.69) is 10.1 Å². The van der Waals surface area contributed by atoms with Gasteiger partial charge in [-0.25, -0.2) is 9.78 Å². The highest BCUT2D eigenvalue weighted by Gasteiger charge is 2.36. The molecule has 1 amide bonds. The number of amides is 1. The minimum atomic E-state index is -0.974. The first kappa shape index (κ1) is 17.7. The Hall–Kier alpha value is -2.74. The van der Waals surface area contributed by atoms with Crippen LogP contribution >= 0.6 is 11.3 Å². The van der Waals surface area contributed by atoms with Crippen molar-refractivity contribution in [1.29, 1.82) is 0 Å². The number of likely N-dealkylation sites (tertiary alicyclic amines) is 1. The molecule has 4 heterocycles. The first-order chi connectivity index (χ1) is 12.9. The van der Waals surface area contributed by atoms with Gasteiger partial charge < -0.3 is 14.5 Å². The Balaban J connectivity index is 1.88. The third-order valence-corrected chi connectivity index (χ3v) is 5.93. The van der Waals surface area contributed by atoms with Crippen molar-refractivity contribution >= 4 is 34.3 Å². The highest BCUT2D eigenvalue weighted by Crippen LogP contribution is 2.34. The van der Waals surface area contributed by atoms with Gasteiger partial charge in [0.15, 0.2) is 0 Å². The molecule has 4 rings (SSSR count). The second-order valence-electron chi connectivity index (χ2n) is 6.82. The second kappa shape index (κ2) is 6.45. The summed E-state index contributed by atoms with van der Waals surface area (Å²) in [6.45, 7) is 6.21. The summed E-state index contributed by atoms with van der Waals surface area (Å²) in [7, 11) is 0. The van der Waals surface area contributed by atoms with Crippen LogP contribution in [0.25, 0.3) is 22.4 Å². The maximum Gasteiger partial charge on any atom is 0.326 e. The summed E-state index contributed by atoms with van der Waals surface area (Å²) in [4.78, 5) is 33.0. The van der Waals surface area contributed by atoms with Gasteiger partial charge in [-0.2, -0.15) is 0 Å². The minimum Gasteiger partial charge on any atom is -0.480 e. The van der Waals surface area contributed by atoms with Crippen LogP contribution in [0.2, 0.25) is 0 Å². The van der Waals surface area contributed by atoms with Crippen molar-refractivity contribution in [2.45, 2.75) is 39.7 Å². The number of thiophene rings is 1. The van der Waals surface area contributed by atoms with Crippen molar-refractivity contribution < 1.29 is 19.2 Å². The third kappa shape index (κ3) is 2.90. The number of pyridine rings is 1. The third-order valence-electron chi connectivity index (χ3n) is 4.96. The van der Waals surface area contributed by atoms with Crippen molar-refractivity contribution in [1.82, 2.24) is 15.0 Å². The van der Waals surface area contributed by atoms with Crippen LogP contribution in [0, 0.1) is 20.8 Å². The summed E-state index contributed by atoms with van der Waals surface area (Å²) in [5.41, 5.74) is 2.83. The molecule has 1 aliphatic heterocycles. The molecule has 8 heteroatoms. The standard InChI is InChI=1S/C19H19N3O4S/c1-9-7-12(11(3)27-9)14-8-13(16-10(2)21-26-17(16)20-14)18(23)22-6-4-5-15(22)19(24)25/h7-8,15H,4-6H2,1-3H3,(H,24,25)/t15-/m1/s1. The Kier molecular flexibility index (Phi) is 4.22. The average Bonchev–Trinajstić information content (AvgIpc) is 3.32. The summed E-state index contributed by atoms with van der Waals surface area (Å²) in [6, 6.07) is 2.97. The molecule has 0 saturated carbocycles. The summed E-state index contributed by atoms with van der Waals surface area (Å²) in [5.74, 6) is -1.29. The van der Waals surface area contributed by atoms with E-state index in [1.807, 2.05) is 19.9 Å². The fourth-order valence-electron chi connectivity index (χ4n) is 3.71. The monoisotopic (exact) mass is 385 g/mol. The zero-order valence-corrected chi connectivity index (χ0v) is 16.1. The fourth-order valence-corrected chi connectivity index (χ4v) is 4.64. The number of aromatic nitrogens is 2. The predicted molar refractivity (Wildman–Crippen MR) is 101 cm³/mol. The lowest BCUT2D eigenvalue weighted by molar-refractivity contribution is -0.141. The van der Waals surface area contributed by atoms with Gasteiger partial charge in [-0.1, -0.05) is 5.16 Å². The second-order valence-corrected chi connectivity index (χ2v) is 8.29. The highest BCUT2D eigenvalue weighted by atomic mass is 32.1. The minimum absolute atomic E-state index is 0.294. The van der Waals surface area contributed by atoms with Crippen LogP contribution < -0.4 is 0 Å². The van der Waals surface area contributed by atoms with Gasteiger partial charge in [-0.05, 0) is 45.7 Å². The summed E-state index contributed by atoms with van der Waals surface area (Å²) >= 11 is 1.66. The molecule has 140 valence electrons. The Morgan fingerprint density at radius 2 is 2.07 bits per heavy atom. The van der Waals surface area contributed by atoms with E-state index in [0.717, 1.165) is 15.3 Å². The number of aryl methyl sites for hydroxylation is 3. The Labute approximate surface area is 159 Å². The number of hydrogen-bond donors (Lipinski definition) is 1. The van der Waals surface area contributed by atoms with Crippen LogP contribution in [0.5, 0.6) is 0 Å². The molecule has 1 saturated heterocycles. The van der Waals surface area contributed by atoms with Crippen LogP contribution in [-0.4, -0.2) is 44.6 Å². The summed E-state index contributed by atoms with van der Waals surface area (Å²) in [6.07, 6.45) is 1.14. The van der Waals surface area contributed by atoms with Crippen molar-refractivity contribution in [3.63, 3.8) is 0 Å². The number of carboxylic acids is 1. The smallest absolute Gasteiger partial charge is 0.326 e. The molecule has 1 atom stereocenters. The van der Waals surface area contributed by atoms with E-state index in [0.29, 0.717) is 47.4 Å². The van der Waals surface area contributed by atoms with Gasteiger partial charge in [0.05, 0.1) is 22.3 Å². The Morgan fingerprint density at radius 3 is 2.74 bits per heavy atom. The fraction of sp³-hybridized carbons (Fsp3) is 0.368. The zero-order chi connectivity index (χ0) is 19.3. The van der Waals surface area contributed by atoms with E-state index in [-0.39, 0.29) is 5.91 Å². The Morgan fingerprint density at radius 1 is 1.30 bits per heavy atom. The summed E-state index contributed by atoms with van der Waals surface area (Å²) < 4.78 is 5.34. The number of carbonyl (C=O) groups is 2. The molecule has 1 fully saturated rings. The number of carboxylic acid groups (broad SMARTS) is 1. The van der Waals surface area contributed by atoms with Gasteiger partial charge >= 0.3 is 5.97 Å². The molecule has 1 N–H and O–H groups in total. The number of aliphatic carboxylic acids is 1. The molecule has 0 aromatic carbocycles. The van der Waals surface area contributed by atoms with Crippen LogP contribution in [-0.2, 0) is 4.79 Å². The van der Waals surface area contributed by atoms with E-state index in [1.54, 1.807) is 24.3 Å². The van der Waals surface area contributed by atoms with Gasteiger partial charge in [-0.15, -0.1) is 11.3 Å². The highest BCUT2D eigenvalue weighted by molar-refractivity contribution is 7.12.